The number of hydrogen-bond acceptors (Lipinski definition) is 2. The van der Waals surface area contributed by atoms with Crippen molar-refractivity contribution in [1.29, 1.82) is 0 Å². The average Bonchev–Trinajstić information content (AvgIpc) is 2.02. The number of alkyl halides is 3. The number of nitrogens with zero attached hydrogens (tertiary/aromatic N) is 1. The van der Waals surface area contributed by atoms with Crippen molar-refractivity contribution >= 4 is 17.4 Å². The number of rotatable bonds is 2. The lowest BCUT2D eigenvalue weighted by atomic mass is 10.1. The fraction of sp³-hybridized carbons (Fsp3) is 0.375. The molecule has 0 aliphatic carbocycles. The van der Waals surface area contributed by atoms with E-state index >= 15 is 0 Å². The molecule has 1 rings (SSSR count). The molecular formula is C8H9ClF2N2. The Morgan fingerprint density at radius 1 is 1.62 bits per heavy atom. The molecule has 1 aromatic rings. The molecule has 0 aliphatic heterocycles. The van der Waals surface area contributed by atoms with E-state index in [0.717, 1.165) is 0 Å². The summed E-state index contributed by atoms with van der Waals surface area (Å²) in [6.45, 7) is 1.57. The standard InChI is InChI=1S/C8H9ClF2N2/c1-4-2-5(3-9)13-8(12)6(4)7(10)11/h2,7H,3H2,1H3,(H2,12,13). The van der Waals surface area contributed by atoms with Crippen LogP contribution >= 0.6 is 11.6 Å². The van der Waals surface area contributed by atoms with Crippen molar-refractivity contribution in [3.8, 4) is 0 Å². The highest BCUT2D eigenvalue weighted by atomic mass is 35.5. The van der Waals surface area contributed by atoms with E-state index in [0.29, 0.717) is 11.3 Å². The molecule has 72 valence electrons. The maximum absolute atomic E-state index is 12.4. The molecule has 0 unspecified atom stereocenters. The predicted molar refractivity (Wildman–Crippen MR) is 47.9 cm³/mol. The van der Waals surface area contributed by atoms with Gasteiger partial charge in [-0.3, -0.25) is 0 Å². The first-order valence-electron chi connectivity index (χ1n) is 3.66. The zero-order valence-electron chi connectivity index (χ0n) is 7.02. The molecule has 0 saturated carbocycles. The lowest BCUT2D eigenvalue weighted by molar-refractivity contribution is 0.151. The molecule has 0 saturated heterocycles. The van der Waals surface area contributed by atoms with Crippen LogP contribution in [0.5, 0.6) is 0 Å². The predicted octanol–water partition coefficient (Wildman–Crippen LogP) is 2.65. The summed E-state index contributed by atoms with van der Waals surface area (Å²) in [6, 6.07) is 1.52. The summed E-state index contributed by atoms with van der Waals surface area (Å²) in [7, 11) is 0. The fourth-order valence-corrected chi connectivity index (χ4v) is 1.27. The number of nitrogens with two attached hydrogens (primary N) is 1. The Morgan fingerprint density at radius 2 is 2.23 bits per heavy atom. The first-order chi connectivity index (χ1) is 6.06. The van der Waals surface area contributed by atoms with Crippen molar-refractivity contribution in [2.45, 2.75) is 19.2 Å². The van der Waals surface area contributed by atoms with E-state index in [-0.39, 0.29) is 17.3 Å². The second-order valence-electron chi connectivity index (χ2n) is 2.66. The van der Waals surface area contributed by atoms with Crippen LogP contribution in [0.2, 0.25) is 0 Å². The maximum atomic E-state index is 12.4. The topological polar surface area (TPSA) is 38.9 Å². The molecule has 2 nitrogen and oxygen atoms in total. The highest BCUT2D eigenvalue weighted by molar-refractivity contribution is 6.16. The molecule has 1 heterocycles. The van der Waals surface area contributed by atoms with Crippen LogP contribution < -0.4 is 5.73 Å². The normalized spacial score (nSPS) is 10.8. The molecule has 2 N–H and O–H groups in total. The smallest absolute Gasteiger partial charge is 0.267 e. The first kappa shape index (κ1) is 10.2. The van der Waals surface area contributed by atoms with Gasteiger partial charge in [0.05, 0.1) is 17.1 Å². The molecule has 0 atom stereocenters. The van der Waals surface area contributed by atoms with Gasteiger partial charge >= 0.3 is 0 Å². The summed E-state index contributed by atoms with van der Waals surface area (Å²) in [5.41, 5.74) is 6.09. The lowest BCUT2D eigenvalue weighted by Gasteiger charge is -2.08. The number of aromatic nitrogens is 1. The van der Waals surface area contributed by atoms with Gasteiger partial charge in [-0.15, -0.1) is 11.6 Å². The van der Waals surface area contributed by atoms with Crippen LogP contribution in [0.4, 0.5) is 14.6 Å². The molecule has 0 bridgehead atoms. The largest absolute Gasteiger partial charge is 0.383 e. The molecule has 0 spiro atoms. The molecule has 0 radical (unpaired) electrons. The summed E-state index contributed by atoms with van der Waals surface area (Å²) >= 11 is 5.50. The molecule has 0 fully saturated rings. The maximum Gasteiger partial charge on any atom is 0.267 e. The van der Waals surface area contributed by atoms with E-state index in [1.54, 1.807) is 6.92 Å². The van der Waals surface area contributed by atoms with Gasteiger partial charge in [0.15, 0.2) is 0 Å². The third-order valence-corrected chi connectivity index (χ3v) is 1.98. The second-order valence-corrected chi connectivity index (χ2v) is 2.93. The summed E-state index contributed by atoms with van der Waals surface area (Å²) in [5, 5.41) is 0. The first-order valence-corrected chi connectivity index (χ1v) is 4.19. The van der Waals surface area contributed by atoms with Crippen LogP contribution in [0.3, 0.4) is 0 Å². The quantitative estimate of drug-likeness (QED) is 0.756. The van der Waals surface area contributed by atoms with Crippen LogP contribution in [0.15, 0.2) is 6.07 Å². The summed E-state index contributed by atoms with van der Waals surface area (Å²) in [4.78, 5) is 3.74. The van der Waals surface area contributed by atoms with Gasteiger partial charge in [0.2, 0.25) is 0 Å². The SMILES string of the molecule is Cc1cc(CCl)nc(N)c1C(F)F. The van der Waals surface area contributed by atoms with Gasteiger partial charge in [0, 0.05) is 0 Å². The minimum absolute atomic E-state index is 0.134. The van der Waals surface area contributed by atoms with E-state index in [4.69, 9.17) is 17.3 Å². The molecule has 0 amide bonds. The van der Waals surface area contributed by atoms with Crippen LogP contribution in [-0.4, -0.2) is 4.98 Å². The zero-order valence-corrected chi connectivity index (χ0v) is 7.78. The Hall–Kier alpha value is -0.900. The van der Waals surface area contributed by atoms with Crippen molar-refractivity contribution in [2.24, 2.45) is 0 Å². The zero-order chi connectivity index (χ0) is 10.0. The van der Waals surface area contributed by atoms with Crippen molar-refractivity contribution in [3.63, 3.8) is 0 Å². The third-order valence-electron chi connectivity index (χ3n) is 1.70. The van der Waals surface area contributed by atoms with Crippen molar-refractivity contribution in [3.05, 3.63) is 22.9 Å². The van der Waals surface area contributed by atoms with Crippen LogP contribution in [0.1, 0.15) is 23.2 Å². The van der Waals surface area contributed by atoms with Crippen molar-refractivity contribution < 1.29 is 8.78 Å². The molecule has 13 heavy (non-hydrogen) atoms. The Bertz CT molecular complexity index is 292. The van der Waals surface area contributed by atoms with Crippen LogP contribution in [0, 0.1) is 6.92 Å². The number of aryl methyl sites for hydroxylation is 1. The van der Waals surface area contributed by atoms with Crippen LogP contribution in [-0.2, 0) is 5.88 Å². The van der Waals surface area contributed by atoms with Gasteiger partial charge in [-0.2, -0.15) is 0 Å². The van der Waals surface area contributed by atoms with E-state index in [9.17, 15) is 8.78 Å². The molecule has 0 aliphatic rings. The van der Waals surface area contributed by atoms with Crippen LogP contribution in [0.25, 0.3) is 0 Å². The number of hydrogen-bond donors (Lipinski definition) is 1. The summed E-state index contributed by atoms with van der Waals surface area (Å²) in [5.74, 6) is 0.0415. The van der Waals surface area contributed by atoms with Gasteiger partial charge in [0.25, 0.3) is 6.43 Å². The Labute approximate surface area is 79.7 Å². The van der Waals surface area contributed by atoms with Gasteiger partial charge < -0.3 is 5.73 Å². The van der Waals surface area contributed by atoms with E-state index in [1.165, 1.54) is 6.07 Å². The molecular weight excluding hydrogens is 198 g/mol. The molecule has 1 aromatic heterocycles. The van der Waals surface area contributed by atoms with Gasteiger partial charge in [-0.1, -0.05) is 0 Å². The minimum atomic E-state index is -2.59. The summed E-state index contributed by atoms with van der Waals surface area (Å²) < 4.78 is 24.7. The highest BCUT2D eigenvalue weighted by Crippen LogP contribution is 2.27. The van der Waals surface area contributed by atoms with Gasteiger partial charge in [-0.05, 0) is 18.6 Å². The second kappa shape index (κ2) is 3.87. The number of pyridine rings is 1. The minimum Gasteiger partial charge on any atom is -0.383 e. The number of nitrogen functional groups attached to an aromatic ring is 1. The Balaban J connectivity index is 3.23. The van der Waals surface area contributed by atoms with E-state index in [2.05, 4.69) is 4.98 Å². The van der Waals surface area contributed by atoms with Crippen molar-refractivity contribution in [1.82, 2.24) is 4.98 Å². The third kappa shape index (κ3) is 2.06. The van der Waals surface area contributed by atoms with E-state index in [1.807, 2.05) is 0 Å². The average molecular weight is 207 g/mol. The lowest BCUT2D eigenvalue weighted by Crippen LogP contribution is -2.03. The van der Waals surface area contributed by atoms with Gasteiger partial charge in [0.1, 0.15) is 5.82 Å². The number of anilines is 1. The summed E-state index contributed by atoms with van der Waals surface area (Å²) in [6.07, 6.45) is -2.59. The fourth-order valence-electron chi connectivity index (χ4n) is 1.13. The molecule has 0 aromatic carbocycles. The monoisotopic (exact) mass is 206 g/mol. The Morgan fingerprint density at radius 3 is 2.62 bits per heavy atom. The van der Waals surface area contributed by atoms with Gasteiger partial charge in [-0.25, -0.2) is 13.8 Å². The van der Waals surface area contributed by atoms with E-state index < -0.39 is 6.43 Å². The number of halogens is 3. The highest BCUT2D eigenvalue weighted by Gasteiger charge is 2.16. The molecule has 5 heteroatoms. The van der Waals surface area contributed by atoms with Crippen molar-refractivity contribution in [2.75, 3.05) is 5.73 Å². The Kier molecular flexibility index (Phi) is 3.03.